The first-order valence-corrected chi connectivity index (χ1v) is 2.15. The normalized spacial score (nSPS) is 9.62. The van der Waals surface area contributed by atoms with Gasteiger partial charge in [-0.1, -0.05) is 6.08 Å². The van der Waals surface area contributed by atoms with Gasteiger partial charge in [-0.2, -0.15) is 0 Å². The van der Waals surface area contributed by atoms with E-state index in [1.54, 1.807) is 6.92 Å². The Balaban J connectivity index is 3.85. The maximum absolute atomic E-state index is 10.2. The smallest absolute Gasteiger partial charge is 0.289 e. The molecular weight excluding hydrogens is 106 g/mol. The van der Waals surface area contributed by atoms with Crippen molar-refractivity contribution >= 4 is 11.7 Å². The molecule has 0 unspecified atom stereocenters. The number of nitrogens with two attached hydrogens (primary N) is 1. The fourth-order valence-electron chi connectivity index (χ4n) is 0.234. The van der Waals surface area contributed by atoms with E-state index in [1.807, 2.05) is 0 Å². The van der Waals surface area contributed by atoms with Crippen molar-refractivity contribution < 1.29 is 9.59 Å². The summed E-state index contributed by atoms with van der Waals surface area (Å²) in [7, 11) is 0. The summed E-state index contributed by atoms with van der Waals surface area (Å²) in [5, 5.41) is 0. The first-order chi connectivity index (χ1) is 3.68. The van der Waals surface area contributed by atoms with E-state index in [0.717, 1.165) is 6.08 Å². The van der Waals surface area contributed by atoms with E-state index >= 15 is 0 Å². The Kier molecular flexibility index (Phi) is 2.54. The molecule has 0 atom stereocenters. The van der Waals surface area contributed by atoms with Gasteiger partial charge in [-0.3, -0.25) is 9.59 Å². The van der Waals surface area contributed by atoms with Crippen molar-refractivity contribution in [3.8, 4) is 0 Å². The lowest BCUT2D eigenvalue weighted by atomic mass is 10.3. The average Bonchev–Trinajstić information content (AvgIpc) is 1.67. The van der Waals surface area contributed by atoms with E-state index in [2.05, 4.69) is 5.73 Å². The van der Waals surface area contributed by atoms with Crippen LogP contribution in [0.15, 0.2) is 12.2 Å². The highest BCUT2D eigenvalue weighted by Crippen LogP contribution is 1.72. The minimum atomic E-state index is -0.914. The third-order valence-electron chi connectivity index (χ3n) is 0.561. The third-order valence-corrected chi connectivity index (χ3v) is 0.561. The first-order valence-electron chi connectivity index (χ1n) is 2.15. The van der Waals surface area contributed by atoms with Crippen LogP contribution in [-0.4, -0.2) is 11.7 Å². The van der Waals surface area contributed by atoms with Gasteiger partial charge in [0.05, 0.1) is 0 Å². The predicted molar refractivity (Wildman–Crippen MR) is 29.0 cm³/mol. The Bertz CT molecular complexity index is 137. The summed E-state index contributed by atoms with van der Waals surface area (Å²) < 4.78 is 0. The number of hydrogen-bond acceptors (Lipinski definition) is 2. The highest BCUT2D eigenvalue weighted by molar-refractivity contribution is 6.40. The Labute approximate surface area is 47.2 Å². The van der Waals surface area contributed by atoms with Crippen molar-refractivity contribution in [2.45, 2.75) is 6.92 Å². The highest BCUT2D eigenvalue weighted by atomic mass is 16.2. The van der Waals surface area contributed by atoms with Crippen molar-refractivity contribution in [1.29, 1.82) is 0 Å². The molecule has 0 radical (unpaired) electrons. The van der Waals surface area contributed by atoms with Gasteiger partial charge < -0.3 is 5.73 Å². The van der Waals surface area contributed by atoms with E-state index in [1.165, 1.54) is 6.08 Å². The standard InChI is InChI=1S/C5H7NO2/c1-2-3-4(7)5(6)8/h2-3H,1H3,(H2,6,8)/b3-2+. The van der Waals surface area contributed by atoms with Crippen LogP contribution in [-0.2, 0) is 9.59 Å². The van der Waals surface area contributed by atoms with Crippen LogP contribution in [0.1, 0.15) is 6.92 Å². The molecule has 0 rings (SSSR count). The van der Waals surface area contributed by atoms with Gasteiger partial charge in [0.25, 0.3) is 5.91 Å². The Morgan fingerprint density at radius 1 is 1.50 bits per heavy atom. The van der Waals surface area contributed by atoms with Crippen molar-refractivity contribution in [2.24, 2.45) is 5.73 Å². The predicted octanol–water partition coefficient (Wildman–Crippen LogP) is -0.383. The maximum Gasteiger partial charge on any atom is 0.289 e. The van der Waals surface area contributed by atoms with Crippen LogP contribution in [0.4, 0.5) is 0 Å². The van der Waals surface area contributed by atoms with E-state index in [4.69, 9.17) is 0 Å². The number of ketones is 1. The number of carbonyl (C=O) groups excluding carboxylic acids is 2. The summed E-state index contributed by atoms with van der Waals surface area (Å²) in [5.74, 6) is -1.57. The molecule has 0 aromatic heterocycles. The molecule has 0 aromatic carbocycles. The molecule has 0 aliphatic carbocycles. The number of rotatable bonds is 2. The van der Waals surface area contributed by atoms with Gasteiger partial charge in [0, 0.05) is 0 Å². The van der Waals surface area contributed by atoms with Gasteiger partial charge in [0.15, 0.2) is 0 Å². The minimum absolute atomic E-state index is 0.660. The molecule has 0 aliphatic heterocycles. The van der Waals surface area contributed by atoms with E-state index < -0.39 is 11.7 Å². The second-order valence-corrected chi connectivity index (χ2v) is 1.23. The largest absolute Gasteiger partial charge is 0.363 e. The van der Waals surface area contributed by atoms with Gasteiger partial charge in [-0.25, -0.2) is 0 Å². The molecule has 0 aliphatic rings. The molecule has 2 N–H and O–H groups in total. The Morgan fingerprint density at radius 3 is 2.12 bits per heavy atom. The summed E-state index contributed by atoms with van der Waals surface area (Å²) >= 11 is 0. The summed E-state index contributed by atoms with van der Waals surface area (Å²) in [6, 6.07) is 0. The fraction of sp³-hybridized carbons (Fsp3) is 0.200. The Hall–Kier alpha value is -1.12. The van der Waals surface area contributed by atoms with Crippen LogP contribution in [0.25, 0.3) is 0 Å². The molecular formula is C5H7NO2. The number of hydrogen-bond donors (Lipinski definition) is 1. The van der Waals surface area contributed by atoms with Crippen molar-refractivity contribution in [2.75, 3.05) is 0 Å². The monoisotopic (exact) mass is 113 g/mol. The molecule has 44 valence electrons. The van der Waals surface area contributed by atoms with Gasteiger partial charge in [-0.15, -0.1) is 0 Å². The highest BCUT2D eigenvalue weighted by Gasteiger charge is 2.00. The van der Waals surface area contributed by atoms with E-state index in [9.17, 15) is 9.59 Å². The number of amides is 1. The molecule has 0 heterocycles. The first kappa shape index (κ1) is 6.88. The maximum atomic E-state index is 10.2. The zero-order chi connectivity index (χ0) is 6.57. The molecule has 8 heavy (non-hydrogen) atoms. The second kappa shape index (κ2) is 2.96. The lowest BCUT2D eigenvalue weighted by molar-refractivity contribution is -0.133. The summed E-state index contributed by atoms with van der Waals surface area (Å²) in [5.41, 5.74) is 4.58. The third kappa shape index (κ3) is 2.12. The van der Waals surface area contributed by atoms with E-state index in [-0.39, 0.29) is 0 Å². The molecule has 0 bridgehead atoms. The molecule has 0 aromatic rings. The van der Waals surface area contributed by atoms with Crippen LogP contribution in [0.2, 0.25) is 0 Å². The molecule has 3 nitrogen and oxygen atoms in total. The summed E-state index contributed by atoms with van der Waals surface area (Å²) in [6.45, 7) is 1.64. The minimum Gasteiger partial charge on any atom is -0.363 e. The lowest BCUT2D eigenvalue weighted by Crippen LogP contribution is -2.20. The van der Waals surface area contributed by atoms with Crippen LogP contribution in [0.5, 0.6) is 0 Å². The van der Waals surface area contributed by atoms with Crippen molar-refractivity contribution in [1.82, 2.24) is 0 Å². The SMILES string of the molecule is C/C=C/C(=O)C(N)=O. The van der Waals surface area contributed by atoms with E-state index in [0.29, 0.717) is 0 Å². The molecule has 0 spiro atoms. The quantitative estimate of drug-likeness (QED) is 0.392. The van der Waals surface area contributed by atoms with Crippen LogP contribution in [0, 0.1) is 0 Å². The van der Waals surface area contributed by atoms with Gasteiger partial charge in [-0.05, 0) is 13.0 Å². The zero-order valence-electron chi connectivity index (χ0n) is 4.55. The lowest BCUT2D eigenvalue weighted by Gasteiger charge is -1.79. The topological polar surface area (TPSA) is 60.2 Å². The van der Waals surface area contributed by atoms with Gasteiger partial charge in [0.2, 0.25) is 5.78 Å². The van der Waals surface area contributed by atoms with Crippen LogP contribution in [0.3, 0.4) is 0 Å². The number of allylic oxidation sites excluding steroid dienone is 1. The van der Waals surface area contributed by atoms with Crippen LogP contribution >= 0.6 is 0 Å². The van der Waals surface area contributed by atoms with Gasteiger partial charge >= 0.3 is 0 Å². The second-order valence-electron chi connectivity index (χ2n) is 1.23. The molecule has 0 saturated heterocycles. The van der Waals surface area contributed by atoms with Crippen molar-refractivity contribution in [3.63, 3.8) is 0 Å². The number of carbonyl (C=O) groups is 2. The Morgan fingerprint density at radius 2 is 2.00 bits per heavy atom. The van der Waals surface area contributed by atoms with Crippen LogP contribution < -0.4 is 5.73 Å². The summed E-state index contributed by atoms with van der Waals surface area (Å²) in [6.07, 6.45) is 2.59. The average molecular weight is 113 g/mol. The molecule has 0 fully saturated rings. The molecule has 0 saturated carbocycles. The van der Waals surface area contributed by atoms with Crippen molar-refractivity contribution in [3.05, 3.63) is 12.2 Å². The summed E-state index contributed by atoms with van der Waals surface area (Å²) in [4.78, 5) is 20.1. The molecule has 3 heteroatoms. The van der Waals surface area contributed by atoms with Gasteiger partial charge in [0.1, 0.15) is 0 Å². The molecule has 1 amide bonds. The number of primary amides is 1. The zero-order valence-corrected chi connectivity index (χ0v) is 4.55. The fourth-order valence-corrected chi connectivity index (χ4v) is 0.234.